The normalized spacial score (nSPS) is 18.8. The smallest absolute Gasteiger partial charge is 0.228 e. The highest BCUT2D eigenvalue weighted by atomic mass is 16.3. The Labute approximate surface area is 194 Å². The Morgan fingerprint density at radius 3 is 2.42 bits per heavy atom. The van der Waals surface area contributed by atoms with Crippen LogP contribution in [0.15, 0.2) is 36.5 Å². The van der Waals surface area contributed by atoms with Gasteiger partial charge in [0.15, 0.2) is 0 Å². The van der Waals surface area contributed by atoms with Gasteiger partial charge in [-0.15, -0.1) is 0 Å². The van der Waals surface area contributed by atoms with Crippen LogP contribution in [0.5, 0.6) is 5.88 Å². The number of piperazine rings is 1. The van der Waals surface area contributed by atoms with E-state index in [0.29, 0.717) is 43.7 Å². The van der Waals surface area contributed by atoms with Crippen LogP contribution in [0.4, 0.5) is 11.8 Å². The van der Waals surface area contributed by atoms with Crippen molar-refractivity contribution in [3.63, 3.8) is 0 Å². The number of rotatable bonds is 5. The number of carbonyl (C=O) groups is 1. The maximum atomic E-state index is 11.7. The van der Waals surface area contributed by atoms with E-state index in [1.54, 1.807) is 6.92 Å². The van der Waals surface area contributed by atoms with Gasteiger partial charge in [0.25, 0.3) is 0 Å². The lowest BCUT2D eigenvalue weighted by atomic mass is 9.95. The van der Waals surface area contributed by atoms with Gasteiger partial charge in [0.05, 0.1) is 5.39 Å². The Morgan fingerprint density at radius 1 is 1.09 bits per heavy atom. The highest BCUT2D eigenvalue weighted by Gasteiger charge is 2.33. The molecule has 5 rings (SSSR count). The van der Waals surface area contributed by atoms with Crippen molar-refractivity contribution in [2.45, 2.75) is 45.7 Å². The molecule has 0 aliphatic carbocycles. The van der Waals surface area contributed by atoms with E-state index in [9.17, 15) is 9.90 Å². The van der Waals surface area contributed by atoms with Crippen molar-refractivity contribution in [3.8, 4) is 5.88 Å². The van der Waals surface area contributed by atoms with Crippen molar-refractivity contribution in [2.75, 3.05) is 42.5 Å². The van der Waals surface area contributed by atoms with E-state index in [4.69, 9.17) is 9.97 Å². The van der Waals surface area contributed by atoms with Gasteiger partial charge in [-0.3, -0.25) is 4.79 Å². The number of anilines is 2. The maximum absolute atomic E-state index is 11.7. The third-order valence-electron chi connectivity index (χ3n) is 6.93. The van der Waals surface area contributed by atoms with E-state index in [0.717, 1.165) is 30.6 Å². The van der Waals surface area contributed by atoms with Crippen molar-refractivity contribution in [3.05, 3.63) is 42.1 Å². The minimum absolute atomic E-state index is 0.0997. The standard InChI is InChI=1S/C25H32N6O2/c1-17(2)31-16-21-22(24(31)33)26-25(29-13-11-28(12-14-29)18(3)32)27-23(21)30-10-9-20(30)15-19-7-5-4-6-8-19/h4-8,16-17,20,33H,9-15H2,1-3H3. The number of hydrogen-bond acceptors (Lipinski definition) is 6. The van der Waals surface area contributed by atoms with Gasteiger partial charge in [-0.2, -0.15) is 4.98 Å². The molecule has 2 fully saturated rings. The quantitative estimate of drug-likeness (QED) is 0.646. The van der Waals surface area contributed by atoms with Crippen molar-refractivity contribution in [1.82, 2.24) is 19.4 Å². The second-order valence-corrected chi connectivity index (χ2v) is 9.38. The molecule has 2 aliphatic heterocycles. The molecule has 2 aromatic heterocycles. The Bertz CT molecular complexity index is 1150. The Balaban J connectivity index is 1.51. The molecule has 1 atom stereocenters. The van der Waals surface area contributed by atoms with E-state index in [2.05, 4.69) is 47.9 Å². The first-order valence-corrected chi connectivity index (χ1v) is 11.8. The number of amides is 1. The number of aromatic hydroxyl groups is 1. The summed E-state index contributed by atoms with van der Waals surface area (Å²) in [4.78, 5) is 27.9. The molecule has 33 heavy (non-hydrogen) atoms. The van der Waals surface area contributed by atoms with Crippen LogP contribution in [0.1, 0.15) is 38.8 Å². The minimum Gasteiger partial charge on any atom is -0.493 e. The summed E-state index contributed by atoms with van der Waals surface area (Å²) in [5.41, 5.74) is 1.92. The van der Waals surface area contributed by atoms with Crippen LogP contribution in [0.2, 0.25) is 0 Å². The average molecular weight is 449 g/mol. The van der Waals surface area contributed by atoms with Crippen LogP contribution in [-0.2, 0) is 11.2 Å². The molecule has 8 nitrogen and oxygen atoms in total. The molecule has 1 unspecified atom stereocenters. The molecule has 174 valence electrons. The molecule has 0 spiro atoms. The summed E-state index contributed by atoms with van der Waals surface area (Å²) in [5, 5.41) is 11.9. The van der Waals surface area contributed by atoms with Gasteiger partial charge in [-0.1, -0.05) is 30.3 Å². The fourth-order valence-electron chi connectivity index (χ4n) is 4.85. The van der Waals surface area contributed by atoms with Crippen molar-refractivity contribution in [1.29, 1.82) is 0 Å². The summed E-state index contributed by atoms with van der Waals surface area (Å²) in [6.07, 6.45) is 4.07. The summed E-state index contributed by atoms with van der Waals surface area (Å²) in [6, 6.07) is 11.1. The molecule has 0 bridgehead atoms. The van der Waals surface area contributed by atoms with Gasteiger partial charge >= 0.3 is 0 Å². The van der Waals surface area contributed by atoms with Crippen molar-refractivity contribution >= 4 is 28.6 Å². The zero-order valence-corrected chi connectivity index (χ0v) is 19.6. The van der Waals surface area contributed by atoms with Gasteiger partial charge in [-0.05, 0) is 32.3 Å². The van der Waals surface area contributed by atoms with Crippen LogP contribution < -0.4 is 9.80 Å². The largest absolute Gasteiger partial charge is 0.493 e. The topological polar surface area (TPSA) is 77.7 Å². The third-order valence-corrected chi connectivity index (χ3v) is 6.93. The molecule has 3 aromatic rings. The predicted octanol–water partition coefficient (Wildman–Crippen LogP) is 3.21. The molecule has 2 aliphatic rings. The first kappa shape index (κ1) is 21.6. The highest BCUT2D eigenvalue weighted by molar-refractivity contribution is 5.94. The number of carbonyl (C=O) groups excluding carboxylic acids is 1. The predicted molar refractivity (Wildman–Crippen MR) is 130 cm³/mol. The summed E-state index contributed by atoms with van der Waals surface area (Å²) in [6.45, 7) is 9.34. The molecule has 1 amide bonds. The van der Waals surface area contributed by atoms with Crippen molar-refractivity contribution < 1.29 is 9.90 Å². The minimum atomic E-state index is 0.0997. The second-order valence-electron chi connectivity index (χ2n) is 9.38. The third kappa shape index (κ3) is 3.98. The SMILES string of the molecule is CC(=O)N1CCN(c2nc(N3CCC3Cc3ccccc3)c3cn(C(C)C)c(O)c3n2)CC1. The van der Waals surface area contributed by atoms with E-state index < -0.39 is 0 Å². The van der Waals surface area contributed by atoms with Gasteiger partial charge in [0.2, 0.25) is 17.7 Å². The summed E-state index contributed by atoms with van der Waals surface area (Å²) in [5.74, 6) is 1.81. The lowest BCUT2D eigenvalue weighted by molar-refractivity contribution is -0.129. The Morgan fingerprint density at radius 2 is 1.82 bits per heavy atom. The zero-order valence-electron chi connectivity index (χ0n) is 19.6. The monoisotopic (exact) mass is 448 g/mol. The van der Waals surface area contributed by atoms with E-state index in [1.807, 2.05) is 21.7 Å². The molecule has 0 radical (unpaired) electrons. The molecule has 2 saturated heterocycles. The van der Waals surface area contributed by atoms with Gasteiger partial charge in [-0.25, -0.2) is 4.98 Å². The summed E-state index contributed by atoms with van der Waals surface area (Å²) in [7, 11) is 0. The molecule has 0 saturated carbocycles. The lowest BCUT2D eigenvalue weighted by Crippen LogP contribution is -2.50. The number of hydrogen-bond donors (Lipinski definition) is 1. The molecule has 4 heterocycles. The maximum Gasteiger partial charge on any atom is 0.228 e. The van der Waals surface area contributed by atoms with E-state index >= 15 is 0 Å². The van der Waals surface area contributed by atoms with Crippen LogP contribution >= 0.6 is 0 Å². The van der Waals surface area contributed by atoms with E-state index in [-0.39, 0.29) is 17.8 Å². The number of benzene rings is 1. The number of fused-ring (bicyclic) bond motifs is 1. The summed E-state index contributed by atoms with van der Waals surface area (Å²) < 4.78 is 1.87. The molecule has 1 aromatic carbocycles. The number of nitrogens with zero attached hydrogens (tertiary/aromatic N) is 6. The Hall–Kier alpha value is -3.29. The number of aromatic nitrogens is 3. The van der Waals surface area contributed by atoms with Gasteiger partial charge < -0.3 is 24.4 Å². The van der Waals surface area contributed by atoms with Gasteiger partial charge in [0, 0.05) is 57.9 Å². The van der Waals surface area contributed by atoms with Crippen LogP contribution in [0.25, 0.3) is 10.9 Å². The van der Waals surface area contributed by atoms with Crippen LogP contribution in [0.3, 0.4) is 0 Å². The fraction of sp³-hybridized carbons (Fsp3) is 0.480. The van der Waals surface area contributed by atoms with E-state index in [1.165, 1.54) is 5.56 Å². The lowest BCUT2D eigenvalue weighted by Gasteiger charge is -2.43. The first-order chi connectivity index (χ1) is 15.9. The molecular formula is C25H32N6O2. The van der Waals surface area contributed by atoms with Crippen LogP contribution in [-0.4, -0.2) is 69.2 Å². The molecule has 1 N–H and O–H groups in total. The fourth-order valence-corrected chi connectivity index (χ4v) is 4.85. The average Bonchev–Trinajstić information content (AvgIpc) is 3.14. The van der Waals surface area contributed by atoms with Crippen molar-refractivity contribution in [2.24, 2.45) is 0 Å². The first-order valence-electron chi connectivity index (χ1n) is 11.8. The molecule has 8 heteroatoms. The zero-order chi connectivity index (χ0) is 23.1. The summed E-state index contributed by atoms with van der Waals surface area (Å²) >= 11 is 0. The van der Waals surface area contributed by atoms with Gasteiger partial charge in [0.1, 0.15) is 11.3 Å². The van der Waals surface area contributed by atoms with Crippen LogP contribution in [0, 0.1) is 0 Å². The highest BCUT2D eigenvalue weighted by Crippen LogP contribution is 2.39. The second kappa shape index (κ2) is 8.57. The molecular weight excluding hydrogens is 416 g/mol. The Kier molecular flexibility index (Phi) is 5.60.